The number of carbonyl (C=O) groups is 2. The third kappa shape index (κ3) is 5.34. The molecule has 0 radical (unpaired) electrons. The van der Waals surface area contributed by atoms with Gasteiger partial charge in [-0.2, -0.15) is 0 Å². The molecule has 0 aromatic carbocycles. The van der Waals surface area contributed by atoms with Gasteiger partial charge in [0.1, 0.15) is 6.04 Å². The zero-order valence-corrected chi connectivity index (χ0v) is 13.0. The van der Waals surface area contributed by atoms with E-state index in [9.17, 15) is 9.59 Å². The van der Waals surface area contributed by atoms with Crippen molar-refractivity contribution in [3.63, 3.8) is 0 Å². The van der Waals surface area contributed by atoms with Gasteiger partial charge in [-0.1, -0.05) is 44.8 Å². The van der Waals surface area contributed by atoms with Crippen LogP contribution in [0, 0.1) is 0 Å². The maximum Gasteiger partial charge on any atom is 0.325 e. The normalized spacial score (nSPS) is 18.2. The first-order valence-electron chi connectivity index (χ1n) is 7.70. The molecule has 1 saturated heterocycles. The molecule has 118 valence electrons. The molecular formula is C16H27N3O2. The van der Waals surface area contributed by atoms with E-state index < -0.39 is 0 Å². The van der Waals surface area contributed by atoms with Crippen LogP contribution in [0.5, 0.6) is 0 Å². The Labute approximate surface area is 127 Å². The van der Waals surface area contributed by atoms with E-state index >= 15 is 0 Å². The van der Waals surface area contributed by atoms with E-state index in [1.54, 1.807) is 12.2 Å². The molecule has 0 aliphatic carbocycles. The van der Waals surface area contributed by atoms with E-state index in [1.807, 2.05) is 4.90 Å². The molecule has 0 aromatic heterocycles. The van der Waals surface area contributed by atoms with Gasteiger partial charge in [0.25, 0.3) is 5.91 Å². The van der Waals surface area contributed by atoms with E-state index in [2.05, 4.69) is 25.4 Å². The number of unbranched alkanes of at least 4 members (excludes halogenated alkanes) is 3. The first-order valence-corrected chi connectivity index (χ1v) is 7.70. The van der Waals surface area contributed by atoms with Crippen LogP contribution in [0.3, 0.4) is 0 Å². The van der Waals surface area contributed by atoms with Crippen LogP contribution in [0.2, 0.25) is 0 Å². The van der Waals surface area contributed by atoms with Crippen molar-refractivity contribution >= 4 is 11.9 Å². The molecule has 0 saturated carbocycles. The topological polar surface area (TPSA) is 52.6 Å². The Bertz CT molecular complexity index is 372. The molecule has 1 heterocycles. The largest absolute Gasteiger partial charge is 0.326 e. The molecule has 21 heavy (non-hydrogen) atoms. The van der Waals surface area contributed by atoms with E-state index in [0.29, 0.717) is 13.1 Å². The summed E-state index contributed by atoms with van der Waals surface area (Å²) in [7, 11) is 0. The van der Waals surface area contributed by atoms with Gasteiger partial charge in [-0.15, -0.1) is 13.2 Å². The number of nitrogens with zero attached hydrogens (tertiary/aromatic N) is 2. The van der Waals surface area contributed by atoms with Gasteiger partial charge in [-0.3, -0.25) is 9.69 Å². The van der Waals surface area contributed by atoms with Crippen molar-refractivity contribution in [2.75, 3.05) is 19.8 Å². The van der Waals surface area contributed by atoms with Gasteiger partial charge in [0.15, 0.2) is 0 Å². The Morgan fingerprint density at radius 2 is 1.86 bits per heavy atom. The second-order valence-electron chi connectivity index (χ2n) is 5.37. The van der Waals surface area contributed by atoms with Crippen molar-refractivity contribution in [3.8, 4) is 0 Å². The fourth-order valence-electron chi connectivity index (χ4n) is 2.44. The van der Waals surface area contributed by atoms with E-state index in [-0.39, 0.29) is 24.6 Å². The molecule has 1 aliphatic heterocycles. The van der Waals surface area contributed by atoms with Crippen LogP contribution < -0.4 is 5.32 Å². The number of hydrogen-bond acceptors (Lipinski definition) is 3. The molecule has 0 spiro atoms. The summed E-state index contributed by atoms with van der Waals surface area (Å²) in [6.07, 6.45) is 8.65. The Hall–Kier alpha value is -1.62. The standard InChI is InChI=1S/C16H27N3O2/c1-4-7-8-9-10-14-15(20)19(16(21)17-14)13-18(11-5-2)12-6-3/h5-6,14H,2-4,7-13H2,1H3,(H,17,21). The van der Waals surface area contributed by atoms with Crippen molar-refractivity contribution in [1.82, 2.24) is 15.1 Å². The quantitative estimate of drug-likeness (QED) is 0.362. The summed E-state index contributed by atoms with van der Waals surface area (Å²) in [6, 6.07) is -0.651. The molecular weight excluding hydrogens is 266 g/mol. The van der Waals surface area contributed by atoms with Gasteiger partial charge >= 0.3 is 6.03 Å². The number of amides is 3. The third-order valence-corrected chi connectivity index (χ3v) is 3.57. The summed E-state index contributed by atoms with van der Waals surface area (Å²) in [5.41, 5.74) is 0. The fraction of sp³-hybridized carbons (Fsp3) is 0.625. The van der Waals surface area contributed by atoms with Crippen molar-refractivity contribution in [1.29, 1.82) is 0 Å². The number of rotatable bonds is 11. The molecule has 1 N–H and O–H groups in total. The van der Waals surface area contributed by atoms with Crippen LogP contribution >= 0.6 is 0 Å². The molecule has 0 aromatic rings. The lowest BCUT2D eigenvalue weighted by Crippen LogP contribution is -2.42. The highest BCUT2D eigenvalue weighted by atomic mass is 16.2. The maximum absolute atomic E-state index is 12.3. The first kappa shape index (κ1) is 17.4. The Morgan fingerprint density at radius 3 is 2.43 bits per heavy atom. The minimum absolute atomic E-state index is 0.116. The van der Waals surface area contributed by atoms with Gasteiger partial charge in [0.2, 0.25) is 0 Å². The molecule has 1 rings (SSSR count). The predicted octanol–water partition coefficient (Wildman–Crippen LogP) is 2.51. The van der Waals surface area contributed by atoms with Gasteiger partial charge < -0.3 is 5.32 Å². The molecule has 1 fully saturated rings. The molecule has 0 bridgehead atoms. The number of hydrogen-bond donors (Lipinski definition) is 1. The Balaban J connectivity index is 2.51. The predicted molar refractivity (Wildman–Crippen MR) is 84.8 cm³/mol. The van der Waals surface area contributed by atoms with Gasteiger partial charge in [-0.25, -0.2) is 9.69 Å². The smallest absolute Gasteiger partial charge is 0.325 e. The average molecular weight is 293 g/mol. The summed E-state index contributed by atoms with van der Waals surface area (Å²) in [6.45, 7) is 11.0. The molecule has 5 nitrogen and oxygen atoms in total. The first-order chi connectivity index (χ1) is 10.1. The number of imide groups is 1. The monoisotopic (exact) mass is 293 g/mol. The summed E-state index contributed by atoms with van der Waals surface area (Å²) < 4.78 is 0. The number of carbonyl (C=O) groups excluding carboxylic acids is 2. The van der Waals surface area contributed by atoms with Crippen molar-refractivity contribution in [2.45, 2.75) is 45.1 Å². The molecule has 1 aliphatic rings. The summed E-state index contributed by atoms with van der Waals surface area (Å²) in [5, 5.41) is 2.78. The fourth-order valence-corrected chi connectivity index (χ4v) is 2.44. The summed E-state index contributed by atoms with van der Waals surface area (Å²) in [4.78, 5) is 27.5. The Kier molecular flexibility index (Phi) is 7.75. The van der Waals surface area contributed by atoms with Crippen LogP contribution in [0.1, 0.15) is 39.0 Å². The lowest BCUT2D eigenvalue weighted by atomic mass is 10.1. The number of nitrogens with one attached hydrogen (secondary N) is 1. The van der Waals surface area contributed by atoms with E-state index in [1.165, 1.54) is 11.3 Å². The Morgan fingerprint density at radius 1 is 1.19 bits per heavy atom. The zero-order valence-electron chi connectivity index (χ0n) is 13.0. The van der Waals surface area contributed by atoms with Crippen molar-refractivity contribution in [2.24, 2.45) is 0 Å². The minimum Gasteiger partial charge on any atom is -0.326 e. The maximum atomic E-state index is 12.3. The van der Waals surface area contributed by atoms with Crippen LogP contribution in [-0.2, 0) is 4.79 Å². The zero-order chi connectivity index (χ0) is 15.7. The average Bonchev–Trinajstić information content (AvgIpc) is 2.72. The highest BCUT2D eigenvalue weighted by Crippen LogP contribution is 2.14. The van der Waals surface area contributed by atoms with Gasteiger partial charge in [-0.05, 0) is 6.42 Å². The minimum atomic E-state index is -0.358. The lowest BCUT2D eigenvalue weighted by Gasteiger charge is -2.23. The van der Waals surface area contributed by atoms with E-state index in [4.69, 9.17) is 0 Å². The van der Waals surface area contributed by atoms with Crippen LogP contribution in [0.4, 0.5) is 4.79 Å². The van der Waals surface area contributed by atoms with Gasteiger partial charge in [0.05, 0.1) is 6.67 Å². The molecule has 5 heteroatoms. The van der Waals surface area contributed by atoms with Crippen molar-refractivity contribution < 1.29 is 9.59 Å². The second kappa shape index (κ2) is 9.34. The highest BCUT2D eigenvalue weighted by Gasteiger charge is 2.37. The summed E-state index contributed by atoms with van der Waals surface area (Å²) >= 11 is 0. The lowest BCUT2D eigenvalue weighted by molar-refractivity contribution is -0.129. The molecule has 1 unspecified atom stereocenters. The third-order valence-electron chi connectivity index (χ3n) is 3.57. The summed E-state index contributed by atoms with van der Waals surface area (Å²) in [5.74, 6) is -0.116. The van der Waals surface area contributed by atoms with Gasteiger partial charge in [0, 0.05) is 13.1 Å². The second-order valence-corrected chi connectivity index (χ2v) is 5.37. The van der Waals surface area contributed by atoms with Crippen LogP contribution in [0.15, 0.2) is 25.3 Å². The van der Waals surface area contributed by atoms with E-state index in [0.717, 1.165) is 25.7 Å². The SMILES string of the molecule is C=CCN(CC=C)CN1C(=O)NC(CCCCCC)C1=O. The number of urea groups is 1. The highest BCUT2D eigenvalue weighted by molar-refractivity contribution is 6.04. The van der Waals surface area contributed by atoms with Crippen molar-refractivity contribution in [3.05, 3.63) is 25.3 Å². The molecule has 3 amide bonds. The molecule has 1 atom stereocenters. The van der Waals surface area contributed by atoms with Crippen LogP contribution in [0.25, 0.3) is 0 Å². The van der Waals surface area contributed by atoms with Crippen LogP contribution in [-0.4, -0.2) is 47.5 Å².